The van der Waals surface area contributed by atoms with Crippen LogP contribution in [0.3, 0.4) is 0 Å². The molecule has 0 bridgehead atoms. The molecule has 1 amide bonds. The Labute approximate surface area is 154 Å². The van der Waals surface area contributed by atoms with Gasteiger partial charge in [0.1, 0.15) is 0 Å². The summed E-state index contributed by atoms with van der Waals surface area (Å²) < 4.78 is 23.0. The van der Waals surface area contributed by atoms with Crippen molar-refractivity contribution in [2.24, 2.45) is 0 Å². The molecule has 2 heterocycles. The fraction of sp³-hybridized carbons (Fsp3) is 0.611. The van der Waals surface area contributed by atoms with Gasteiger partial charge in [-0.15, -0.1) is 11.8 Å². The standard InChI is InChI=1S/C18H26N2O3S2/c21-18(14-24-17-7-12-25(22,23)15-17)20-9-4-8-19(10-11-20)13-16-5-2-1-3-6-16/h1-3,5-6,17H,4,7-15H2. The molecule has 1 unspecified atom stereocenters. The molecule has 2 fully saturated rings. The number of hydrogen-bond donors (Lipinski definition) is 0. The van der Waals surface area contributed by atoms with Crippen molar-refractivity contribution in [1.82, 2.24) is 9.80 Å². The van der Waals surface area contributed by atoms with Gasteiger partial charge in [-0.25, -0.2) is 8.42 Å². The lowest BCUT2D eigenvalue weighted by Crippen LogP contribution is -2.36. The van der Waals surface area contributed by atoms with E-state index in [-0.39, 0.29) is 22.7 Å². The quantitative estimate of drug-likeness (QED) is 0.775. The Kier molecular flexibility index (Phi) is 6.41. The number of carbonyl (C=O) groups excluding carboxylic acids is 1. The van der Waals surface area contributed by atoms with E-state index in [2.05, 4.69) is 29.2 Å². The van der Waals surface area contributed by atoms with E-state index in [1.54, 1.807) is 0 Å². The van der Waals surface area contributed by atoms with Crippen LogP contribution < -0.4 is 0 Å². The summed E-state index contributed by atoms with van der Waals surface area (Å²) in [4.78, 5) is 16.8. The molecule has 0 aromatic heterocycles. The molecule has 1 aromatic carbocycles. The van der Waals surface area contributed by atoms with Gasteiger partial charge in [0.25, 0.3) is 0 Å². The lowest BCUT2D eigenvalue weighted by molar-refractivity contribution is -0.128. The van der Waals surface area contributed by atoms with E-state index < -0.39 is 9.84 Å². The first kappa shape index (κ1) is 18.7. The van der Waals surface area contributed by atoms with Crippen molar-refractivity contribution < 1.29 is 13.2 Å². The van der Waals surface area contributed by atoms with E-state index in [1.165, 1.54) is 17.3 Å². The number of hydrogen-bond acceptors (Lipinski definition) is 5. The summed E-state index contributed by atoms with van der Waals surface area (Å²) in [5, 5.41) is 0.0931. The van der Waals surface area contributed by atoms with Crippen LogP contribution in [0.15, 0.2) is 30.3 Å². The van der Waals surface area contributed by atoms with Gasteiger partial charge < -0.3 is 4.90 Å². The predicted molar refractivity (Wildman–Crippen MR) is 102 cm³/mol. The van der Waals surface area contributed by atoms with Crippen LogP contribution in [-0.2, 0) is 21.2 Å². The number of amides is 1. The highest BCUT2D eigenvalue weighted by Gasteiger charge is 2.29. The summed E-state index contributed by atoms with van der Waals surface area (Å²) >= 11 is 1.51. The average molecular weight is 383 g/mol. The molecule has 1 aromatic rings. The Hall–Kier alpha value is -1.05. The van der Waals surface area contributed by atoms with Gasteiger partial charge in [-0.05, 0) is 18.4 Å². The molecular weight excluding hydrogens is 356 g/mol. The topological polar surface area (TPSA) is 57.7 Å². The number of benzene rings is 1. The Morgan fingerprint density at radius 3 is 2.64 bits per heavy atom. The van der Waals surface area contributed by atoms with Crippen molar-refractivity contribution in [3.8, 4) is 0 Å². The van der Waals surface area contributed by atoms with E-state index >= 15 is 0 Å². The van der Waals surface area contributed by atoms with Crippen molar-refractivity contribution in [3.63, 3.8) is 0 Å². The van der Waals surface area contributed by atoms with Crippen LogP contribution in [0.2, 0.25) is 0 Å². The molecule has 5 nitrogen and oxygen atoms in total. The van der Waals surface area contributed by atoms with E-state index in [0.29, 0.717) is 12.2 Å². The van der Waals surface area contributed by atoms with Gasteiger partial charge in [-0.2, -0.15) is 0 Å². The lowest BCUT2D eigenvalue weighted by Gasteiger charge is -2.22. The van der Waals surface area contributed by atoms with E-state index in [1.807, 2.05) is 11.0 Å². The SMILES string of the molecule is O=C(CSC1CCS(=O)(=O)C1)N1CCCN(Cc2ccccc2)CC1. The van der Waals surface area contributed by atoms with Gasteiger partial charge in [0.05, 0.1) is 17.3 Å². The van der Waals surface area contributed by atoms with Gasteiger partial charge >= 0.3 is 0 Å². The molecule has 3 rings (SSSR count). The predicted octanol–water partition coefficient (Wildman–Crippen LogP) is 1.64. The van der Waals surface area contributed by atoms with E-state index in [0.717, 1.165) is 39.1 Å². The molecule has 7 heteroatoms. The van der Waals surface area contributed by atoms with Crippen LogP contribution >= 0.6 is 11.8 Å². The number of thioether (sulfide) groups is 1. The van der Waals surface area contributed by atoms with E-state index in [4.69, 9.17) is 0 Å². The van der Waals surface area contributed by atoms with Gasteiger partial charge in [-0.1, -0.05) is 30.3 Å². The molecule has 25 heavy (non-hydrogen) atoms. The maximum Gasteiger partial charge on any atom is 0.232 e. The molecule has 0 radical (unpaired) electrons. The van der Waals surface area contributed by atoms with Crippen LogP contribution in [0.25, 0.3) is 0 Å². The summed E-state index contributed by atoms with van der Waals surface area (Å²) in [5.74, 6) is 1.06. The first-order chi connectivity index (χ1) is 12.0. The summed E-state index contributed by atoms with van der Waals surface area (Å²) in [7, 11) is -2.86. The van der Waals surface area contributed by atoms with Gasteiger partial charge in [-0.3, -0.25) is 9.69 Å². The van der Waals surface area contributed by atoms with Crippen molar-refractivity contribution in [2.75, 3.05) is 43.4 Å². The maximum atomic E-state index is 12.5. The van der Waals surface area contributed by atoms with Crippen LogP contribution in [0.1, 0.15) is 18.4 Å². The molecule has 0 N–H and O–H groups in total. The van der Waals surface area contributed by atoms with Gasteiger partial charge in [0, 0.05) is 38.0 Å². The minimum atomic E-state index is -2.86. The zero-order chi connectivity index (χ0) is 17.7. The fourth-order valence-electron chi connectivity index (χ4n) is 3.39. The first-order valence-corrected chi connectivity index (χ1v) is 11.7. The highest BCUT2D eigenvalue weighted by Crippen LogP contribution is 2.24. The first-order valence-electron chi connectivity index (χ1n) is 8.88. The number of nitrogens with zero attached hydrogens (tertiary/aromatic N) is 2. The van der Waals surface area contributed by atoms with Crippen molar-refractivity contribution in [3.05, 3.63) is 35.9 Å². The number of carbonyl (C=O) groups is 1. The van der Waals surface area contributed by atoms with Crippen LogP contribution in [0.4, 0.5) is 0 Å². The Bertz CT molecular complexity index is 679. The van der Waals surface area contributed by atoms with Gasteiger partial charge in [0.15, 0.2) is 9.84 Å². The third-order valence-corrected chi connectivity index (χ3v) is 8.09. The normalized spacial score (nSPS) is 24.2. The lowest BCUT2D eigenvalue weighted by atomic mass is 10.2. The number of sulfone groups is 1. The van der Waals surface area contributed by atoms with Crippen molar-refractivity contribution in [2.45, 2.75) is 24.6 Å². The molecular formula is C18H26N2O3S2. The highest BCUT2D eigenvalue weighted by atomic mass is 32.2. The molecule has 2 aliphatic rings. The summed E-state index contributed by atoms with van der Waals surface area (Å²) in [6.07, 6.45) is 1.67. The molecule has 0 aliphatic carbocycles. The molecule has 0 saturated carbocycles. The smallest absolute Gasteiger partial charge is 0.232 e. The Morgan fingerprint density at radius 1 is 1.12 bits per heavy atom. The third kappa shape index (κ3) is 5.72. The molecule has 138 valence electrons. The Morgan fingerprint density at radius 2 is 1.92 bits per heavy atom. The van der Waals surface area contributed by atoms with Crippen molar-refractivity contribution >= 4 is 27.5 Å². The second-order valence-corrected chi connectivity index (χ2v) is 10.3. The van der Waals surface area contributed by atoms with Crippen molar-refractivity contribution in [1.29, 1.82) is 0 Å². The largest absolute Gasteiger partial charge is 0.341 e. The maximum absolute atomic E-state index is 12.5. The third-order valence-electron chi connectivity index (χ3n) is 4.82. The Balaban J connectivity index is 1.43. The zero-order valence-corrected chi connectivity index (χ0v) is 16.1. The van der Waals surface area contributed by atoms with Gasteiger partial charge in [0.2, 0.25) is 5.91 Å². The average Bonchev–Trinajstić information content (AvgIpc) is 2.80. The summed E-state index contributed by atoms with van der Waals surface area (Å²) in [6, 6.07) is 10.4. The minimum absolute atomic E-state index is 0.0931. The molecule has 0 spiro atoms. The second-order valence-electron chi connectivity index (χ2n) is 6.83. The number of rotatable bonds is 5. The minimum Gasteiger partial charge on any atom is -0.341 e. The fourth-order valence-corrected chi connectivity index (χ4v) is 6.94. The van der Waals surface area contributed by atoms with E-state index in [9.17, 15) is 13.2 Å². The second kappa shape index (κ2) is 8.56. The van der Waals surface area contributed by atoms with Crippen LogP contribution in [0.5, 0.6) is 0 Å². The monoisotopic (exact) mass is 382 g/mol. The zero-order valence-electron chi connectivity index (χ0n) is 14.5. The highest BCUT2D eigenvalue weighted by molar-refractivity contribution is 8.02. The summed E-state index contributed by atoms with van der Waals surface area (Å²) in [5.41, 5.74) is 1.31. The summed E-state index contributed by atoms with van der Waals surface area (Å²) in [6.45, 7) is 4.39. The molecule has 2 saturated heterocycles. The van der Waals surface area contributed by atoms with Crippen LogP contribution in [-0.4, -0.2) is 72.8 Å². The molecule has 2 aliphatic heterocycles. The molecule has 1 atom stereocenters. The van der Waals surface area contributed by atoms with Crippen LogP contribution in [0, 0.1) is 0 Å².